The smallest absolute Gasteiger partial charge is 0.0462 e. The molecule has 1 rings (SSSR count). The fourth-order valence-electron chi connectivity index (χ4n) is 2.67. The first kappa shape index (κ1) is 16.7. The Bertz CT molecular complexity index is 351. The van der Waals surface area contributed by atoms with Crippen molar-refractivity contribution in [2.45, 2.75) is 52.4 Å². The van der Waals surface area contributed by atoms with Crippen molar-refractivity contribution in [1.29, 1.82) is 0 Å². The molecule has 0 heterocycles. The van der Waals surface area contributed by atoms with E-state index in [2.05, 4.69) is 48.0 Å². The molecule has 19 heavy (non-hydrogen) atoms. The molecule has 0 aliphatic rings. The van der Waals surface area contributed by atoms with Crippen molar-refractivity contribution < 1.29 is 5.11 Å². The number of hydrogen-bond donors (Lipinski definition) is 1. The molecule has 2 atom stereocenters. The molecule has 1 N–H and O–H groups in total. The van der Waals surface area contributed by atoms with E-state index in [1.165, 1.54) is 31.2 Å². The zero-order chi connectivity index (χ0) is 14.1. The molecule has 0 radical (unpaired) electrons. The van der Waals surface area contributed by atoms with Crippen LogP contribution in [0.5, 0.6) is 0 Å². The first-order valence-electron chi connectivity index (χ1n) is 7.54. The van der Waals surface area contributed by atoms with Crippen LogP contribution in [0, 0.1) is 11.8 Å². The highest BCUT2D eigenvalue weighted by Gasteiger charge is 2.15. The van der Waals surface area contributed by atoms with E-state index >= 15 is 0 Å². The summed E-state index contributed by atoms with van der Waals surface area (Å²) in [5.74, 6) is 1.17. The Morgan fingerprint density at radius 3 is 2.58 bits per heavy atom. The molecule has 0 saturated carbocycles. The lowest BCUT2D eigenvalue weighted by molar-refractivity contribution is 0.194. The van der Waals surface area contributed by atoms with Crippen molar-refractivity contribution in [3.63, 3.8) is 0 Å². The second kappa shape index (κ2) is 9.55. The summed E-state index contributed by atoms with van der Waals surface area (Å²) in [6.07, 6.45) is 7.26. The fraction of sp³-hybridized carbons (Fsp3) is 0.647. The van der Waals surface area contributed by atoms with Crippen LogP contribution in [0.3, 0.4) is 0 Å². The third-order valence-corrected chi connectivity index (χ3v) is 4.37. The zero-order valence-corrected chi connectivity index (χ0v) is 13.8. The van der Waals surface area contributed by atoms with E-state index in [-0.39, 0.29) is 0 Å². The quantitative estimate of drug-likeness (QED) is 0.660. The van der Waals surface area contributed by atoms with Crippen molar-refractivity contribution in [3.8, 4) is 0 Å². The highest BCUT2D eigenvalue weighted by molar-refractivity contribution is 9.10. The molecule has 108 valence electrons. The van der Waals surface area contributed by atoms with Gasteiger partial charge >= 0.3 is 0 Å². The van der Waals surface area contributed by atoms with Gasteiger partial charge in [-0.05, 0) is 42.4 Å². The molecular formula is C17H27BrO. The maximum atomic E-state index is 9.61. The van der Waals surface area contributed by atoms with Gasteiger partial charge in [-0.15, -0.1) is 0 Å². The predicted octanol–water partition coefficient (Wildman–Crippen LogP) is 5.21. The van der Waals surface area contributed by atoms with Crippen molar-refractivity contribution in [2.75, 3.05) is 6.61 Å². The summed E-state index contributed by atoms with van der Waals surface area (Å²) in [6.45, 7) is 4.82. The number of unbranched alkanes of at least 4 members (excludes halogenated alkanes) is 1. The van der Waals surface area contributed by atoms with Gasteiger partial charge in [0.15, 0.2) is 0 Å². The van der Waals surface area contributed by atoms with E-state index in [0.717, 1.165) is 23.2 Å². The summed E-state index contributed by atoms with van der Waals surface area (Å²) in [6, 6.07) is 8.44. The minimum absolute atomic E-state index is 0.301. The van der Waals surface area contributed by atoms with E-state index in [1.807, 2.05) is 6.07 Å². The van der Waals surface area contributed by atoms with Crippen LogP contribution in [0.15, 0.2) is 28.7 Å². The molecule has 1 aromatic rings. The SMILES string of the molecule is CCCCC(CC)CC(CO)Cc1cccc(Br)c1. The van der Waals surface area contributed by atoms with E-state index in [1.54, 1.807) is 0 Å². The molecule has 0 bridgehead atoms. The molecular weight excluding hydrogens is 300 g/mol. The molecule has 2 heteroatoms. The van der Waals surface area contributed by atoms with Gasteiger partial charge in [0.05, 0.1) is 0 Å². The van der Waals surface area contributed by atoms with Crippen molar-refractivity contribution in [1.82, 2.24) is 0 Å². The topological polar surface area (TPSA) is 20.2 Å². The first-order chi connectivity index (χ1) is 9.19. The third-order valence-electron chi connectivity index (χ3n) is 3.88. The van der Waals surface area contributed by atoms with Crippen LogP contribution in [0.1, 0.15) is 51.5 Å². The van der Waals surface area contributed by atoms with Crippen LogP contribution < -0.4 is 0 Å². The molecule has 0 amide bonds. The second-order valence-corrected chi connectivity index (χ2v) is 6.45. The number of halogens is 1. The lowest BCUT2D eigenvalue weighted by atomic mass is 9.86. The number of rotatable bonds is 9. The van der Waals surface area contributed by atoms with Gasteiger partial charge < -0.3 is 5.11 Å². The van der Waals surface area contributed by atoms with Gasteiger partial charge in [0.1, 0.15) is 0 Å². The van der Waals surface area contributed by atoms with Gasteiger partial charge in [-0.3, -0.25) is 0 Å². The van der Waals surface area contributed by atoms with Gasteiger partial charge in [0.2, 0.25) is 0 Å². The van der Waals surface area contributed by atoms with Crippen LogP contribution in [0.2, 0.25) is 0 Å². The van der Waals surface area contributed by atoms with E-state index in [0.29, 0.717) is 12.5 Å². The number of hydrogen-bond acceptors (Lipinski definition) is 1. The van der Waals surface area contributed by atoms with Gasteiger partial charge in [-0.2, -0.15) is 0 Å². The van der Waals surface area contributed by atoms with Crippen molar-refractivity contribution in [3.05, 3.63) is 34.3 Å². The molecule has 0 aliphatic heterocycles. The highest BCUT2D eigenvalue weighted by atomic mass is 79.9. The van der Waals surface area contributed by atoms with Crippen LogP contribution in [-0.4, -0.2) is 11.7 Å². The summed E-state index contributed by atoms with van der Waals surface area (Å²) in [5.41, 5.74) is 1.32. The lowest BCUT2D eigenvalue weighted by Crippen LogP contribution is -2.15. The second-order valence-electron chi connectivity index (χ2n) is 5.53. The van der Waals surface area contributed by atoms with Crippen LogP contribution in [0.25, 0.3) is 0 Å². The number of aliphatic hydroxyl groups is 1. The number of benzene rings is 1. The monoisotopic (exact) mass is 326 g/mol. The molecule has 1 aromatic carbocycles. The Morgan fingerprint density at radius 1 is 1.21 bits per heavy atom. The van der Waals surface area contributed by atoms with Crippen LogP contribution >= 0.6 is 15.9 Å². The molecule has 2 unspecified atom stereocenters. The van der Waals surface area contributed by atoms with Gasteiger partial charge in [-0.1, -0.05) is 67.6 Å². The normalized spacial score (nSPS) is 14.3. The summed E-state index contributed by atoms with van der Waals surface area (Å²) in [5, 5.41) is 9.61. The van der Waals surface area contributed by atoms with E-state index in [9.17, 15) is 5.11 Å². The van der Waals surface area contributed by atoms with E-state index in [4.69, 9.17) is 0 Å². The molecule has 1 nitrogen and oxygen atoms in total. The molecule has 0 aliphatic carbocycles. The number of aliphatic hydroxyl groups excluding tert-OH is 1. The molecule has 0 aromatic heterocycles. The average molecular weight is 327 g/mol. The largest absolute Gasteiger partial charge is 0.396 e. The summed E-state index contributed by atoms with van der Waals surface area (Å²) in [7, 11) is 0. The third kappa shape index (κ3) is 6.58. The maximum absolute atomic E-state index is 9.61. The molecule has 0 saturated heterocycles. The Hall–Kier alpha value is -0.340. The Kier molecular flexibility index (Phi) is 8.40. The minimum Gasteiger partial charge on any atom is -0.396 e. The highest BCUT2D eigenvalue weighted by Crippen LogP contribution is 2.24. The van der Waals surface area contributed by atoms with Crippen molar-refractivity contribution in [2.24, 2.45) is 11.8 Å². The van der Waals surface area contributed by atoms with Gasteiger partial charge in [-0.25, -0.2) is 0 Å². The van der Waals surface area contributed by atoms with Gasteiger partial charge in [0, 0.05) is 11.1 Å². The standard InChI is InChI=1S/C17H27BrO/c1-3-5-7-14(4-2)10-16(13-19)11-15-8-6-9-17(18)12-15/h6,8-9,12,14,16,19H,3-5,7,10-11,13H2,1-2H3. The fourth-order valence-corrected chi connectivity index (χ4v) is 3.12. The Balaban J connectivity index is 2.52. The first-order valence-corrected chi connectivity index (χ1v) is 8.34. The van der Waals surface area contributed by atoms with E-state index < -0.39 is 0 Å². The predicted molar refractivity (Wildman–Crippen MR) is 86.3 cm³/mol. The molecule has 0 fully saturated rings. The zero-order valence-electron chi connectivity index (χ0n) is 12.2. The van der Waals surface area contributed by atoms with Crippen LogP contribution in [-0.2, 0) is 6.42 Å². The van der Waals surface area contributed by atoms with Crippen molar-refractivity contribution >= 4 is 15.9 Å². The average Bonchev–Trinajstić information content (AvgIpc) is 2.42. The maximum Gasteiger partial charge on any atom is 0.0462 e. The summed E-state index contributed by atoms with van der Waals surface area (Å²) < 4.78 is 1.12. The summed E-state index contributed by atoms with van der Waals surface area (Å²) in [4.78, 5) is 0. The Labute approximate surface area is 126 Å². The van der Waals surface area contributed by atoms with Crippen LogP contribution in [0.4, 0.5) is 0 Å². The minimum atomic E-state index is 0.301. The van der Waals surface area contributed by atoms with Gasteiger partial charge in [0.25, 0.3) is 0 Å². The molecule has 0 spiro atoms. The lowest BCUT2D eigenvalue weighted by Gasteiger charge is -2.21. The Morgan fingerprint density at radius 2 is 2.00 bits per heavy atom. The summed E-state index contributed by atoms with van der Waals surface area (Å²) >= 11 is 3.51.